The molecule has 0 radical (unpaired) electrons. The maximum atomic E-state index is 13.2. The molecule has 0 aliphatic heterocycles. The van der Waals surface area contributed by atoms with Crippen LogP contribution < -0.4 is 10.1 Å². The minimum absolute atomic E-state index is 0.0973. The SMILES string of the molecule is COc1ccnc2ccc(C(=O)Nc3cncn3Cc3nnc([C@H](C)F)o3)n12. The largest absolute Gasteiger partial charge is 0.482 e. The Morgan fingerprint density at radius 1 is 1.36 bits per heavy atom. The van der Waals surface area contributed by atoms with Gasteiger partial charge in [-0.1, -0.05) is 0 Å². The summed E-state index contributed by atoms with van der Waals surface area (Å²) in [6.45, 7) is 1.44. The molecule has 0 unspecified atom stereocenters. The molecule has 0 bridgehead atoms. The lowest BCUT2D eigenvalue weighted by Crippen LogP contribution is -2.17. The molecule has 11 heteroatoms. The van der Waals surface area contributed by atoms with E-state index in [0.717, 1.165) is 0 Å². The monoisotopic (exact) mass is 385 g/mol. The number of nitrogens with zero attached hydrogens (tertiary/aromatic N) is 6. The second-order valence-electron chi connectivity index (χ2n) is 5.91. The van der Waals surface area contributed by atoms with Gasteiger partial charge in [0.05, 0.1) is 19.6 Å². The summed E-state index contributed by atoms with van der Waals surface area (Å²) in [5, 5.41) is 10.2. The number of halogens is 1. The molecule has 144 valence electrons. The van der Waals surface area contributed by atoms with E-state index in [9.17, 15) is 9.18 Å². The van der Waals surface area contributed by atoms with Gasteiger partial charge >= 0.3 is 0 Å². The maximum Gasteiger partial charge on any atom is 0.273 e. The third-order valence-corrected chi connectivity index (χ3v) is 4.03. The topological polar surface area (TPSA) is 112 Å². The van der Waals surface area contributed by atoms with Gasteiger partial charge in [0.1, 0.15) is 23.7 Å². The summed E-state index contributed by atoms with van der Waals surface area (Å²) < 4.78 is 27.0. The quantitative estimate of drug-likeness (QED) is 0.542. The zero-order valence-electron chi connectivity index (χ0n) is 15.0. The molecule has 4 rings (SSSR count). The Morgan fingerprint density at radius 2 is 2.21 bits per heavy atom. The number of hydrogen-bond acceptors (Lipinski definition) is 7. The predicted octanol–water partition coefficient (Wildman–Crippen LogP) is 2.25. The summed E-state index contributed by atoms with van der Waals surface area (Å²) in [7, 11) is 1.52. The molecule has 0 spiro atoms. The molecular weight excluding hydrogens is 369 g/mol. The van der Waals surface area contributed by atoms with E-state index < -0.39 is 6.17 Å². The maximum absolute atomic E-state index is 13.2. The van der Waals surface area contributed by atoms with Crippen LogP contribution in [0.15, 0.2) is 41.3 Å². The van der Waals surface area contributed by atoms with Crippen LogP contribution in [0.4, 0.5) is 10.2 Å². The van der Waals surface area contributed by atoms with Crippen molar-refractivity contribution in [2.75, 3.05) is 12.4 Å². The van der Waals surface area contributed by atoms with Gasteiger partial charge in [-0.25, -0.2) is 14.4 Å². The lowest BCUT2D eigenvalue weighted by Gasteiger charge is -2.10. The van der Waals surface area contributed by atoms with E-state index in [0.29, 0.717) is 23.0 Å². The van der Waals surface area contributed by atoms with Crippen molar-refractivity contribution in [3.63, 3.8) is 0 Å². The lowest BCUT2D eigenvalue weighted by atomic mass is 10.4. The Bertz CT molecular complexity index is 1130. The standard InChI is InChI=1S/C17H16FN7O3/c1-10(18)17-23-22-14(28-17)8-24-9-19-7-13(24)21-16(26)11-3-4-12-20-6-5-15(27-2)25(11)12/h3-7,9-10H,8H2,1-2H3,(H,21,26)/t10-/m0/s1. The van der Waals surface area contributed by atoms with Crippen molar-refractivity contribution >= 4 is 17.4 Å². The molecule has 1 N–H and O–H groups in total. The fourth-order valence-corrected chi connectivity index (χ4v) is 2.71. The fourth-order valence-electron chi connectivity index (χ4n) is 2.71. The highest BCUT2D eigenvalue weighted by molar-refractivity contribution is 6.03. The number of fused-ring (bicyclic) bond motifs is 1. The van der Waals surface area contributed by atoms with Gasteiger partial charge in [-0.05, 0) is 19.1 Å². The first kappa shape index (κ1) is 17.6. The summed E-state index contributed by atoms with van der Waals surface area (Å²) in [6.07, 6.45) is 3.23. The van der Waals surface area contributed by atoms with E-state index in [4.69, 9.17) is 9.15 Å². The molecule has 0 aromatic carbocycles. The van der Waals surface area contributed by atoms with Gasteiger partial charge in [-0.15, -0.1) is 10.2 Å². The second-order valence-corrected chi connectivity index (χ2v) is 5.91. The number of hydrogen-bond donors (Lipinski definition) is 1. The number of rotatable bonds is 6. The number of anilines is 1. The second kappa shape index (κ2) is 7.10. The average Bonchev–Trinajstić information content (AvgIpc) is 3.41. The van der Waals surface area contributed by atoms with Gasteiger partial charge < -0.3 is 19.0 Å². The summed E-state index contributed by atoms with van der Waals surface area (Å²) in [5.41, 5.74) is 0.927. The molecule has 0 fully saturated rings. The fraction of sp³-hybridized carbons (Fsp3) is 0.235. The normalized spacial score (nSPS) is 12.2. The van der Waals surface area contributed by atoms with Crippen molar-refractivity contribution in [1.82, 2.24) is 29.1 Å². The van der Waals surface area contributed by atoms with Crippen LogP contribution in [0.2, 0.25) is 0 Å². The summed E-state index contributed by atoms with van der Waals surface area (Å²) >= 11 is 0. The van der Waals surface area contributed by atoms with Gasteiger partial charge in [0, 0.05) is 12.3 Å². The number of aromatic nitrogens is 6. The van der Waals surface area contributed by atoms with Crippen LogP contribution in [-0.2, 0) is 6.54 Å². The first-order valence-corrected chi connectivity index (χ1v) is 8.35. The van der Waals surface area contributed by atoms with Crippen molar-refractivity contribution in [2.24, 2.45) is 0 Å². The highest BCUT2D eigenvalue weighted by atomic mass is 19.1. The van der Waals surface area contributed by atoms with E-state index in [1.165, 1.54) is 26.6 Å². The number of carbonyl (C=O) groups excluding carboxylic acids is 1. The first-order valence-electron chi connectivity index (χ1n) is 8.35. The number of alkyl halides is 1. The van der Waals surface area contributed by atoms with Gasteiger partial charge in [0.2, 0.25) is 17.7 Å². The smallest absolute Gasteiger partial charge is 0.273 e. The van der Waals surface area contributed by atoms with Crippen molar-refractivity contribution in [3.8, 4) is 5.88 Å². The molecule has 4 aromatic rings. The first-order chi connectivity index (χ1) is 13.6. The van der Waals surface area contributed by atoms with Crippen LogP contribution in [0.5, 0.6) is 5.88 Å². The van der Waals surface area contributed by atoms with Crippen molar-refractivity contribution in [2.45, 2.75) is 19.6 Å². The van der Waals surface area contributed by atoms with Gasteiger partial charge in [0.25, 0.3) is 5.91 Å². The van der Waals surface area contributed by atoms with Gasteiger partial charge in [-0.3, -0.25) is 9.20 Å². The van der Waals surface area contributed by atoms with Crippen LogP contribution in [-0.4, -0.2) is 42.2 Å². The molecule has 28 heavy (non-hydrogen) atoms. The summed E-state index contributed by atoms with van der Waals surface area (Å²) in [5.74, 6) is 0.617. The summed E-state index contributed by atoms with van der Waals surface area (Å²) in [6, 6.07) is 5.02. The van der Waals surface area contributed by atoms with Gasteiger partial charge in [0.15, 0.2) is 6.17 Å². The van der Waals surface area contributed by atoms with E-state index in [1.807, 2.05) is 0 Å². The van der Waals surface area contributed by atoms with Crippen molar-refractivity contribution < 1.29 is 18.3 Å². The Kier molecular flexibility index (Phi) is 4.47. The number of amides is 1. The molecular formula is C17H16FN7O3. The Balaban J connectivity index is 1.57. The zero-order valence-corrected chi connectivity index (χ0v) is 15.0. The van der Waals surface area contributed by atoms with Crippen LogP contribution in [0.25, 0.3) is 5.65 Å². The molecule has 1 amide bonds. The highest BCUT2D eigenvalue weighted by Gasteiger charge is 2.18. The van der Waals surface area contributed by atoms with Crippen LogP contribution in [0.1, 0.15) is 35.4 Å². The number of methoxy groups -OCH3 is 1. The van der Waals surface area contributed by atoms with E-state index in [2.05, 4.69) is 25.5 Å². The molecule has 0 saturated carbocycles. The van der Waals surface area contributed by atoms with Crippen molar-refractivity contribution in [3.05, 3.63) is 54.4 Å². The lowest BCUT2D eigenvalue weighted by molar-refractivity contribution is 0.101. The summed E-state index contributed by atoms with van der Waals surface area (Å²) in [4.78, 5) is 21.0. The number of nitrogens with one attached hydrogen (secondary N) is 1. The number of imidazole rings is 1. The Morgan fingerprint density at radius 3 is 2.96 bits per heavy atom. The zero-order chi connectivity index (χ0) is 19.7. The molecule has 1 atom stereocenters. The molecule has 10 nitrogen and oxygen atoms in total. The van der Waals surface area contributed by atoms with Crippen LogP contribution in [0, 0.1) is 0 Å². The van der Waals surface area contributed by atoms with Crippen LogP contribution in [0.3, 0.4) is 0 Å². The van der Waals surface area contributed by atoms with E-state index in [1.54, 1.807) is 33.4 Å². The molecule has 0 aliphatic carbocycles. The third-order valence-electron chi connectivity index (χ3n) is 4.03. The van der Waals surface area contributed by atoms with E-state index >= 15 is 0 Å². The number of ether oxygens (including phenoxy) is 1. The third kappa shape index (κ3) is 3.17. The Labute approximate surface area is 158 Å². The highest BCUT2D eigenvalue weighted by Crippen LogP contribution is 2.19. The molecule has 0 saturated heterocycles. The molecule has 0 aliphatic rings. The average molecular weight is 385 g/mol. The number of carbonyl (C=O) groups is 1. The molecule has 4 aromatic heterocycles. The molecule has 4 heterocycles. The van der Waals surface area contributed by atoms with Gasteiger partial charge in [-0.2, -0.15) is 0 Å². The van der Waals surface area contributed by atoms with E-state index in [-0.39, 0.29) is 24.2 Å². The predicted molar refractivity (Wildman–Crippen MR) is 94.8 cm³/mol. The minimum Gasteiger partial charge on any atom is -0.482 e. The van der Waals surface area contributed by atoms with Crippen molar-refractivity contribution in [1.29, 1.82) is 0 Å². The minimum atomic E-state index is -1.35. The Hall–Kier alpha value is -3.76. The van der Waals surface area contributed by atoms with Crippen LogP contribution >= 0.6 is 0 Å².